The molecular formula is C21H32ClN3O5. The molecule has 168 valence electrons. The smallest absolute Gasteiger partial charge is 0.411 e. The second-order valence-corrected chi connectivity index (χ2v) is 7.39. The van der Waals surface area contributed by atoms with Crippen LogP contribution < -0.4 is 10.6 Å². The number of nitrogens with one attached hydrogen (secondary N) is 2. The van der Waals surface area contributed by atoms with E-state index in [0.29, 0.717) is 12.5 Å². The summed E-state index contributed by atoms with van der Waals surface area (Å²) < 4.78 is 9.62. The number of aromatic nitrogens is 1. The molecule has 2 rings (SSSR count). The first-order valence-electron chi connectivity index (χ1n) is 10.2. The Kier molecular flexibility index (Phi) is 11.8. The highest BCUT2D eigenvalue weighted by Gasteiger charge is 2.17. The van der Waals surface area contributed by atoms with Gasteiger partial charge in [-0.05, 0) is 43.7 Å². The number of aryl methyl sites for hydroxylation is 1. The predicted molar refractivity (Wildman–Crippen MR) is 116 cm³/mol. The maximum atomic E-state index is 11.4. The Morgan fingerprint density at radius 1 is 1.30 bits per heavy atom. The Bertz CT molecular complexity index is 714. The molecule has 0 aromatic carbocycles. The van der Waals surface area contributed by atoms with Crippen molar-refractivity contribution in [1.29, 1.82) is 0 Å². The largest absolute Gasteiger partial charge is 0.459 e. The lowest BCUT2D eigenvalue weighted by molar-refractivity contribution is -0.145. The molecule has 2 unspecified atom stereocenters. The van der Waals surface area contributed by atoms with Crippen molar-refractivity contribution < 1.29 is 23.9 Å². The summed E-state index contributed by atoms with van der Waals surface area (Å²) in [4.78, 5) is 36.8. The number of pyridine rings is 1. The maximum absolute atomic E-state index is 11.4. The first-order chi connectivity index (χ1) is 14.3. The van der Waals surface area contributed by atoms with Crippen LogP contribution in [-0.4, -0.2) is 48.1 Å². The lowest BCUT2D eigenvalue weighted by atomic mass is 10.0. The van der Waals surface area contributed by atoms with Crippen LogP contribution in [0.1, 0.15) is 64.1 Å². The molecule has 1 aromatic rings. The number of amides is 2. The van der Waals surface area contributed by atoms with Crippen molar-refractivity contribution in [2.24, 2.45) is 0 Å². The molecule has 0 spiro atoms. The zero-order chi connectivity index (χ0) is 22.5. The molecule has 2 atom stereocenters. The number of nitrogens with zero attached hydrogens (tertiary/aromatic N) is 1. The Hall–Kier alpha value is -2.35. The third-order valence-electron chi connectivity index (χ3n) is 4.41. The normalized spacial score (nSPS) is 16.0. The van der Waals surface area contributed by atoms with Crippen LogP contribution in [0.25, 0.3) is 0 Å². The van der Waals surface area contributed by atoms with Crippen molar-refractivity contribution in [3.63, 3.8) is 0 Å². The van der Waals surface area contributed by atoms with Gasteiger partial charge in [-0.15, -0.1) is 11.6 Å². The number of halogens is 1. The van der Waals surface area contributed by atoms with Gasteiger partial charge in [0.2, 0.25) is 5.91 Å². The van der Waals surface area contributed by atoms with E-state index in [1.54, 1.807) is 13.1 Å². The number of ether oxygens (including phenoxy) is 2. The highest BCUT2D eigenvalue weighted by molar-refractivity contribution is 6.18. The van der Waals surface area contributed by atoms with Crippen molar-refractivity contribution in [2.75, 3.05) is 24.3 Å². The van der Waals surface area contributed by atoms with E-state index < -0.39 is 18.2 Å². The fraction of sp³-hybridized carbons (Fsp3) is 0.619. The molecule has 1 aromatic heterocycles. The fourth-order valence-electron chi connectivity index (χ4n) is 3.04. The van der Waals surface area contributed by atoms with Crippen molar-refractivity contribution in [1.82, 2.24) is 10.3 Å². The van der Waals surface area contributed by atoms with Gasteiger partial charge in [-0.1, -0.05) is 13.3 Å². The summed E-state index contributed by atoms with van der Waals surface area (Å²) in [5.41, 5.74) is 3.16. The minimum atomic E-state index is -0.437. The van der Waals surface area contributed by atoms with E-state index in [9.17, 15) is 14.4 Å². The average molecular weight is 442 g/mol. The number of hydrogen-bond donors (Lipinski definition) is 2. The van der Waals surface area contributed by atoms with Gasteiger partial charge in [0.15, 0.2) is 0 Å². The summed E-state index contributed by atoms with van der Waals surface area (Å²) in [6.07, 6.45) is 5.56. The number of carbonyl (C=O) groups is 3. The summed E-state index contributed by atoms with van der Waals surface area (Å²) in [7, 11) is 0. The van der Waals surface area contributed by atoms with Gasteiger partial charge in [0.1, 0.15) is 6.10 Å². The number of hydrogen-bond acceptors (Lipinski definition) is 6. The highest BCUT2D eigenvalue weighted by atomic mass is 35.5. The Morgan fingerprint density at radius 3 is 2.63 bits per heavy atom. The van der Waals surface area contributed by atoms with E-state index in [2.05, 4.69) is 22.5 Å². The molecule has 0 radical (unpaired) electrons. The molecule has 0 saturated carbocycles. The minimum Gasteiger partial charge on any atom is -0.459 e. The summed E-state index contributed by atoms with van der Waals surface area (Å²) >= 11 is 5.47. The lowest BCUT2D eigenvalue weighted by Gasteiger charge is -2.13. The van der Waals surface area contributed by atoms with Crippen LogP contribution in [0, 0.1) is 0 Å². The lowest BCUT2D eigenvalue weighted by Crippen LogP contribution is -2.34. The molecule has 1 aliphatic carbocycles. The van der Waals surface area contributed by atoms with Crippen LogP contribution in [0.3, 0.4) is 0 Å². The molecule has 0 fully saturated rings. The van der Waals surface area contributed by atoms with E-state index in [0.717, 1.165) is 12.1 Å². The maximum Gasteiger partial charge on any atom is 0.411 e. The number of esters is 1. The van der Waals surface area contributed by atoms with E-state index in [-0.39, 0.29) is 18.3 Å². The number of fused-ring (bicyclic) bond motifs is 1. The van der Waals surface area contributed by atoms with Gasteiger partial charge in [0.05, 0.1) is 30.9 Å². The van der Waals surface area contributed by atoms with Gasteiger partial charge in [-0.2, -0.15) is 0 Å². The molecule has 0 aliphatic heterocycles. The molecule has 1 aliphatic rings. The number of alkyl halides is 1. The molecule has 1 heterocycles. The minimum absolute atomic E-state index is 0.169. The number of carbonyl (C=O) groups excluding carboxylic acids is 3. The molecule has 2 N–H and O–H groups in total. The Balaban J connectivity index is 0.000000329. The SMILES string of the molecule is CC(=O)NCC(CCl)OC(C)=O.CCOC(=O)Nc1cnc2c(c1)CCCCC2C. The first kappa shape index (κ1) is 25.7. The average Bonchev–Trinajstić information content (AvgIpc) is 2.86. The molecule has 8 nitrogen and oxygen atoms in total. The summed E-state index contributed by atoms with van der Waals surface area (Å²) in [6, 6.07) is 2.03. The zero-order valence-corrected chi connectivity index (χ0v) is 18.9. The predicted octanol–water partition coefficient (Wildman–Crippen LogP) is 3.77. The molecule has 30 heavy (non-hydrogen) atoms. The van der Waals surface area contributed by atoms with Crippen LogP contribution >= 0.6 is 11.6 Å². The monoisotopic (exact) mass is 441 g/mol. The summed E-state index contributed by atoms with van der Waals surface area (Å²) in [6.45, 7) is 7.33. The summed E-state index contributed by atoms with van der Waals surface area (Å²) in [5.74, 6) is 0.127. The third kappa shape index (κ3) is 9.91. The van der Waals surface area contributed by atoms with Crippen LogP contribution in [-0.2, 0) is 25.5 Å². The van der Waals surface area contributed by atoms with Crippen molar-refractivity contribution in [2.45, 2.75) is 65.4 Å². The second-order valence-electron chi connectivity index (χ2n) is 7.08. The summed E-state index contributed by atoms with van der Waals surface area (Å²) in [5, 5.41) is 5.21. The van der Waals surface area contributed by atoms with Crippen LogP contribution in [0.2, 0.25) is 0 Å². The van der Waals surface area contributed by atoms with E-state index in [1.165, 1.54) is 44.4 Å². The van der Waals surface area contributed by atoms with Crippen molar-refractivity contribution >= 4 is 35.3 Å². The molecule has 0 bridgehead atoms. The molecule has 2 amide bonds. The van der Waals surface area contributed by atoms with Crippen LogP contribution in [0.5, 0.6) is 0 Å². The third-order valence-corrected chi connectivity index (χ3v) is 4.75. The topological polar surface area (TPSA) is 107 Å². The van der Waals surface area contributed by atoms with Gasteiger partial charge < -0.3 is 14.8 Å². The Labute approximate surface area is 183 Å². The van der Waals surface area contributed by atoms with Crippen molar-refractivity contribution in [3.8, 4) is 0 Å². The van der Waals surface area contributed by atoms with Crippen molar-refractivity contribution in [3.05, 3.63) is 23.5 Å². The quantitative estimate of drug-likeness (QED) is 0.395. The number of anilines is 1. The van der Waals surface area contributed by atoms with E-state index in [4.69, 9.17) is 21.1 Å². The molecule has 0 saturated heterocycles. The molecule has 9 heteroatoms. The van der Waals surface area contributed by atoms with Crippen LogP contribution in [0.15, 0.2) is 12.3 Å². The molecular weight excluding hydrogens is 410 g/mol. The van der Waals surface area contributed by atoms with Gasteiger partial charge in [0, 0.05) is 19.5 Å². The van der Waals surface area contributed by atoms with E-state index >= 15 is 0 Å². The number of rotatable bonds is 6. The van der Waals surface area contributed by atoms with Gasteiger partial charge >= 0.3 is 12.1 Å². The second kappa shape index (κ2) is 13.8. The zero-order valence-electron chi connectivity index (χ0n) is 18.1. The van der Waals surface area contributed by atoms with E-state index in [1.807, 2.05) is 6.07 Å². The van der Waals surface area contributed by atoms with Gasteiger partial charge in [-0.3, -0.25) is 19.9 Å². The standard InChI is InChI=1S/C14H20N2O2.C7H12ClNO3/c1-3-18-14(17)16-12-8-11-7-5-4-6-10(2)13(11)15-9-12;1-5(10)9-4-7(3-8)12-6(2)11/h8-10H,3-7H2,1-2H3,(H,16,17);7H,3-4H2,1-2H3,(H,9,10). The van der Waals surface area contributed by atoms with Crippen LogP contribution in [0.4, 0.5) is 10.5 Å². The highest BCUT2D eigenvalue weighted by Crippen LogP contribution is 2.29. The Morgan fingerprint density at radius 2 is 2.03 bits per heavy atom. The fourth-order valence-corrected chi connectivity index (χ4v) is 3.21. The first-order valence-corrected chi connectivity index (χ1v) is 10.7. The van der Waals surface area contributed by atoms with Gasteiger partial charge in [0.25, 0.3) is 0 Å². The van der Waals surface area contributed by atoms with Gasteiger partial charge in [-0.25, -0.2) is 4.79 Å².